The lowest BCUT2D eigenvalue weighted by Gasteiger charge is -2.25. The lowest BCUT2D eigenvalue weighted by Crippen LogP contribution is -2.26. The van der Waals surface area contributed by atoms with Gasteiger partial charge in [-0.25, -0.2) is 4.98 Å². The highest BCUT2D eigenvalue weighted by Gasteiger charge is 2.13. The third kappa shape index (κ3) is 3.20. The number of rotatable bonds is 6. The molecule has 0 amide bonds. The van der Waals surface area contributed by atoms with Gasteiger partial charge in [0.25, 0.3) is 0 Å². The summed E-state index contributed by atoms with van der Waals surface area (Å²) in [5.74, 6) is 0.924. The Balaban J connectivity index is 2.90. The number of hydrogen-bond donors (Lipinski definition) is 1. The van der Waals surface area contributed by atoms with Crippen molar-refractivity contribution < 1.29 is 5.11 Å². The molecule has 16 heavy (non-hydrogen) atoms. The summed E-state index contributed by atoms with van der Waals surface area (Å²) in [5, 5.41) is 9.71. The van der Waals surface area contributed by atoms with Crippen LogP contribution in [0.2, 0.25) is 0 Å². The minimum atomic E-state index is -0.459. The maximum Gasteiger partial charge on any atom is 0.134 e. The third-order valence-electron chi connectivity index (χ3n) is 2.73. The van der Waals surface area contributed by atoms with Gasteiger partial charge in [0.15, 0.2) is 0 Å². The van der Waals surface area contributed by atoms with Gasteiger partial charge in [0.1, 0.15) is 5.82 Å². The van der Waals surface area contributed by atoms with Crippen LogP contribution in [0.15, 0.2) is 18.3 Å². The molecule has 1 unspecified atom stereocenters. The molecule has 0 spiro atoms. The summed E-state index contributed by atoms with van der Waals surface area (Å²) in [5.41, 5.74) is 0.917. The zero-order valence-corrected chi connectivity index (χ0v) is 10.5. The van der Waals surface area contributed by atoms with Gasteiger partial charge in [0.05, 0.1) is 6.10 Å². The van der Waals surface area contributed by atoms with Crippen molar-refractivity contribution in [3.8, 4) is 0 Å². The monoisotopic (exact) mass is 222 g/mol. The average Bonchev–Trinajstić information content (AvgIpc) is 2.30. The highest BCUT2D eigenvalue weighted by atomic mass is 16.3. The van der Waals surface area contributed by atoms with E-state index in [0.717, 1.165) is 30.9 Å². The molecule has 90 valence electrons. The Bertz CT molecular complexity index is 313. The molecular weight excluding hydrogens is 200 g/mol. The van der Waals surface area contributed by atoms with Crippen LogP contribution < -0.4 is 4.90 Å². The minimum Gasteiger partial charge on any atom is -0.389 e. The van der Waals surface area contributed by atoms with E-state index in [-0.39, 0.29) is 0 Å². The topological polar surface area (TPSA) is 36.4 Å². The lowest BCUT2D eigenvalue weighted by molar-refractivity contribution is 0.199. The van der Waals surface area contributed by atoms with E-state index < -0.39 is 6.10 Å². The van der Waals surface area contributed by atoms with Crippen LogP contribution in [0.5, 0.6) is 0 Å². The van der Waals surface area contributed by atoms with Gasteiger partial charge in [-0.05, 0) is 26.3 Å². The van der Waals surface area contributed by atoms with Crippen LogP contribution in [-0.2, 0) is 0 Å². The van der Waals surface area contributed by atoms with E-state index in [2.05, 4.69) is 23.7 Å². The van der Waals surface area contributed by atoms with Crippen molar-refractivity contribution in [2.75, 3.05) is 18.0 Å². The maximum absolute atomic E-state index is 9.71. The molecule has 0 aliphatic carbocycles. The Morgan fingerprint density at radius 1 is 1.44 bits per heavy atom. The van der Waals surface area contributed by atoms with Crippen LogP contribution in [0.3, 0.4) is 0 Å². The van der Waals surface area contributed by atoms with Crippen LogP contribution in [-0.4, -0.2) is 23.2 Å². The standard InChI is InChI=1S/C13H22N2O/c1-4-6-10-15(5-2)13-12(11(3)16)8-7-9-14-13/h7-9,11,16H,4-6,10H2,1-3H3. The fourth-order valence-corrected chi connectivity index (χ4v) is 1.76. The van der Waals surface area contributed by atoms with E-state index in [1.807, 2.05) is 12.1 Å². The zero-order valence-electron chi connectivity index (χ0n) is 10.5. The number of aromatic nitrogens is 1. The minimum absolute atomic E-state index is 0.459. The Morgan fingerprint density at radius 3 is 2.75 bits per heavy atom. The molecule has 0 aliphatic heterocycles. The third-order valence-corrected chi connectivity index (χ3v) is 2.73. The normalized spacial score (nSPS) is 12.5. The number of anilines is 1. The van der Waals surface area contributed by atoms with E-state index in [4.69, 9.17) is 0 Å². The molecular formula is C13H22N2O. The molecule has 0 radical (unpaired) electrons. The van der Waals surface area contributed by atoms with Crippen molar-refractivity contribution in [3.63, 3.8) is 0 Å². The zero-order chi connectivity index (χ0) is 12.0. The molecule has 0 saturated heterocycles. The van der Waals surface area contributed by atoms with E-state index in [9.17, 15) is 5.11 Å². The first kappa shape index (κ1) is 13.0. The Labute approximate surface area is 98.1 Å². The summed E-state index contributed by atoms with van der Waals surface area (Å²) in [6.45, 7) is 8.02. The number of aliphatic hydroxyl groups excluding tert-OH is 1. The molecule has 1 aromatic rings. The van der Waals surface area contributed by atoms with Gasteiger partial charge in [-0.1, -0.05) is 19.4 Å². The van der Waals surface area contributed by atoms with E-state index in [1.54, 1.807) is 13.1 Å². The molecule has 0 bridgehead atoms. The second-order valence-electron chi connectivity index (χ2n) is 4.03. The van der Waals surface area contributed by atoms with Crippen molar-refractivity contribution in [2.45, 2.75) is 39.7 Å². The van der Waals surface area contributed by atoms with Crippen molar-refractivity contribution in [1.82, 2.24) is 4.98 Å². The van der Waals surface area contributed by atoms with Gasteiger partial charge in [-0.2, -0.15) is 0 Å². The summed E-state index contributed by atoms with van der Waals surface area (Å²) in [7, 11) is 0. The van der Waals surface area contributed by atoms with Crippen molar-refractivity contribution in [1.29, 1.82) is 0 Å². The van der Waals surface area contributed by atoms with Gasteiger partial charge in [0, 0.05) is 24.8 Å². The average molecular weight is 222 g/mol. The van der Waals surface area contributed by atoms with Gasteiger partial charge in [0.2, 0.25) is 0 Å². The molecule has 3 nitrogen and oxygen atoms in total. The Morgan fingerprint density at radius 2 is 2.19 bits per heavy atom. The van der Waals surface area contributed by atoms with Crippen LogP contribution in [0.4, 0.5) is 5.82 Å². The number of hydrogen-bond acceptors (Lipinski definition) is 3. The van der Waals surface area contributed by atoms with Crippen LogP contribution in [0.1, 0.15) is 45.3 Å². The van der Waals surface area contributed by atoms with Crippen LogP contribution >= 0.6 is 0 Å². The fourth-order valence-electron chi connectivity index (χ4n) is 1.76. The first-order valence-electron chi connectivity index (χ1n) is 6.08. The summed E-state index contributed by atoms with van der Waals surface area (Å²) < 4.78 is 0. The van der Waals surface area contributed by atoms with Crippen LogP contribution in [0.25, 0.3) is 0 Å². The van der Waals surface area contributed by atoms with E-state index in [1.165, 1.54) is 6.42 Å². The van der Waals surface area contributed by atoms with Crippen molar-refractivity contribution >= 4 is 5.82 Å². The molecule has 3 heteroatoms. The maximum atomic E-state index is 9.71. The molecule has 0 aromatic carbocycles. The summed E-state index contributed by atoms with van der Waals surface area (Å²) in [4.78, 5) is 6.62. The van der Waals surface area contributed by atoms with Crippen molar-refractivity contribution in [3.05, 3.63) is 23.9 Å². The summed E-state index contributed by atoms with van der Waals surface area (Å²) >= 11 is 0. The molecule has 1 atom stereocenters. The highest BCUT2D eigenvalue weighted by molar-refractivity contribution is 5.47. The molecule has 0 fully saturated rings. The first-order chi connectivity index (χ1) is 7.70. The number of unbranched alkanes of at least 4 members (excludes halogenated alkanes) is 1. The SMILES string of the molecule is CCCCN(CC)c1ncccc1C(C)O. The summed E-state index contributed by atoms with van der Waals surface area (Å²) in [6.07, 6.45) is 3.66. The smallest absolute Gasteiger partial charge is 0.134 e. The second kappa shape index (κ2) is 6.48. The lowest BCUT2D eigenvalue weighted by atomic mass is 10.1. The fraction of sp³-hybridized carbons (Fsp3) is 0.615. The summed E-state index contributed by atoms with van der Waals surface area (Å²) in [6, 6.07) is 3.82. The first-order valence-corrected chi connectivity index (χ1v) is 6.08. The van der Waals surface area contributed by atoms with E-state index in [0.29, 0.717) is 0 Å². The molecule has 1 heterocycles. The van der Waals surface area contributed by atoms with Crippen LogP contribution in [0, 0.1) is 0 Å². The van der Waals surface area contributed by atoms with Gasteiger partial charge >= 0.3 is 0 Å². The van der Waals surface area contributed by atoms with E-state index >= 15 is 0 Å². The number of nitrogens with zero attached hydrogens (tertiary/aromatic N) is 2. The Kier molecular flexibility index (Phi) is 5.26. The largest absolute Gasteiger partial charge is 0.389 e. The predicted octanol–water partition coefficient (Wildman–Crippen LogP) is 2.76. The molecule has 1 N–H and O–H groups in total. The van der Waals surface area contributed by atoms with Gasteiger partial charge in [-0.3, -0.25) is 0 Å². The molecule has 0 aliphatic rings. The molecule has 1 aromatic heterocycles. The molecule has 0 saturated carbocycles. The highest BCUT2D eigenvalue weighted by Crippen LogP contribution is 2.23. The van der Waals surface area contributed by atoms with Gasteiger partial charge in [-0.15, -0.1) is 0 Å². The van der Waals surface area contributed by atoms with Gasteiger partial charge < -0.3 is 10.0 Å². The predicted molar refractivity (Wildman–Crippen MR) is 67.7 cm³/mol. The molecule has 1 rings (SSSR count). The Hall–Kier alpha value is -1.09. The number of pyridine rings is 1. The second-order valence-corrected chi connectivity index (χ2v) is 4.03. The number of aliphatic hydroxyl groups is 1. The quantitative estimate of drug-likeness (QED) is 0.804. The van der Waals surface area contributed by atoms with Crippen molar-refractivity contribution in [2.24, 2.45) is 0 Å².